The molecule has 0 saturated heterocycles. The Morgan fingerprint density at radius 2 is 2.31 bits per heavy atom. The van der Waals surface area contributed by atoms with Crippen LogP contribution in [0, 0.1) is 12.3 Å². The largest absolute Gasteiger partial charge is 0.469 e. The minimum Gasteiger partial charge on any atom is -0.469 e. The smallest absolute Gasteiger partial charge is 0.255 e. The number of rotatable bonds is 2. The molecule has 1 aromatic rings. The Bertz CT molecular complexity index is 409. The Kier molecular flexibility index (Phi) is 2.54. The van der Waals surface area contributed by atoms with Gasteiger partial charge in [-0.05, 0) is 19.4 Å². The van der Waals surface area contributed by atoms with Gasteiger partial charge in [-0.3, -0.25) is 4.79 Å². The van der Waals surface area contributed by atoms with E-state index in [-0.39, 0.29) is 23.4 Å². The van der Waals surface area contributed by atoms with Crippen molar-refractivity contribution in [2.45, 2.75) is 39.3 Å². The van der Waals surface area contributed by atoms with Crippen molar-refractivity contribution in [3.63, 3.8) is 0 Å². The molecule has 16 heavy (non-hydrogen) atoms. The molecule has 3 N–H and O–H groups in total. The highest BCUT2D eigenvalue weighted by Crippen LogP contribution is 2.39. The van der Waals surface area contributed by atoms with Gasteiger partial charge in [-0.2, -0.15) is 0 Å². The molecule has 4 heteroatoms. The number of amides is 1. The summed E-state index contributed by atoms with van der Waals surface area (Å²) in [6.07, 6.45) is 2.37. The summed E-state index contributed by atoms with van der Waals surface area (Å²) in [5.74, 6) is 0.579. The Balaban J connectivity index is 2.02. The van der Waals surface area contributed by atoms with Gasteiger partial charge in [-0.15, -0.1) is 0 Å². The van der Waals surface area contributed by atoms with Gasteiger partial charge in [0.1, 0.15) is 5.76 Å². The van der Waals surface area contributed by atoms with Crippen LogP contribution in [0.5, 0.6) is 0 Å². The fourth-order valence-electron chi connectivity index (χ4n) is 2.06. The van der Waals surface area contributed by atoms with Gasteiger partial charge in [-0.1, -0.05) is 13.8 Å². The van der Waals surface area contributed by atoms with E-state index in [9.17, 15) is 4.79 Å². The second kappa shape index (κ2) is 3.63. The van der Waals surface area contributed by atoms with E-state index in [0.29, 0.717) is 11.3 Å². The number of hydrogen-bond acceptors (Lipinski definition) is 3. The molecule has 0 spiro atoms. The van der Waals surface area contributed by atoms with E-state index in [1.54, 1.807) is 13.0 Å². The maximum atomic E-state index is 11.9. The maximum Gasteiger partial charge on any atom is 0.255 e. The van der Waals surface area contributed by atoms with Crippen molar-refractivity contribution >= 4 is 5.91 Å². The fourth-order valence-corrected chi connectivity index (χ4v) is 2.06. The van der Waals surface area contributed by atoms with Gasteiger partial charge in [0.25, 0.3) is 5.91 Å². The molecule has 0 aromatic carbocycles. The average molecular weight is 222 g/mol. The minimum absolute atomic E-state index is 0.0205. The van der Waals surface area contributed by atoms with Crippen molar-refractivity contribution < 1.29 is 9.21 Å². The van der Waals surface area contributed by atoms with Gasteiger partial charge >= 0.3 is 0 Å². The van der Waals surface area contributed by atoms with Gasteiger partial charge in [0.05, 0.1) is 11.8 Å². The number of carbonyl (C=O) groups excluding carboxylic acids is 1. The first-order valence-corrected chi connectivity index (χ1v) is 5.53. The first-order valence-electron chi connectivity index (χ1n) is 5.53. The second-order valence-corrected chi connectivity index (χ2v) is 5.08. The molecule has 1 amide bonds. The molecule has 88 valence electrons. The highest BCUT2D eigenvalue weighted by atomic mass is 16.3. The van der Waals surface area contributed by atoms with E-state index in [1.807, 2.05) is 0 Å². The molecule has 2 unspecified atom stereocenters. The summed E-state index contributed by atoms with van der Waals surface area (Å²) < 4.78 is 5.11. The first kappa shape index (κ1) is 11.2. The van der Waals surface area contributed by atoms with Crippen LogP contribution >= 0.6 is 0 Å². The van der Waals surface area contributed by atoms with E-state index < -0.39 is 0 Å². The monoisotopic (exact) mass is 222 g/mol. The van der Waals surface area contributed by atoms with Crippen LogP contribution in [0.15, 0.2) is 16.7 Å². The average Bonchev–Trinajstić information content (AvgIpc) is 2.64. The van der Waals surface area contributed by atoms with Crippen LogP contribution in [-0.4, -0.2) is 18.0 Å². The number of furan rings is 1. The zero-order chi connectivity index (χ0) is 11.9. The molecule has 0 aliphatic heterocycles. The molecular formula is C12H18N2O2. The lowest BCUT2D eigenvalue weighted by Crippen LogP contribution is -2.64. The van der Waals surface area contributed by atoms with E-state index in [4.69, 9.17) is 10.2 Å². The standard InChI is InChI=1S/C12H18N2O2/c1-7-8(4-5-16-7)11(15)14-10-6-9(13)12(10,2)3/h4-5,9-10H,6,13H2,1-3H3,(H,14,15). The molecule has 4 nitrogen and oxygen atoms in total. The molecule has 1 heterocycles. The van der Waals surface area contributed by atoms with Crippen molar-refractivity contribution in [2.24, 2.45) is 11.1 Å². The van der Waals surface area contributed by atoms with Crippen LogP contribution in [0.25, 0.3) is 0 Å². The molecule has 0 radical (unpaired) electrons. The molecule has 1 aliphatic carbocycles. The quantitative estimate of drug-likeness (QED) is 0.795. The van der Waals surface area contributed by atoms with Gasteiger partial charge in [-0.25, -0.2) is 0 Å². The van der Waals surface area contributed by atoms with Crippen LogP contribution in [0.3, 0.4) is 0 Å². The highest BCUT2D eigenvalue weighted by Gasteiger charge is 2.46. The fraction of sp³-hybridized carbons (Fsp3) is 0.583. The Morgan fingerprint density at radius 3 is 2.75 bits per heavy atom. The summed E-state index contributed by atoms with van der Waals surface area (Å²) in [6.45, 7) is 5.94. The number of hydrogen-bond donors (Lipinski definition) is 2. The zero-order valence-corrected chi connectivity index (χ0v) is 9.91. The van der Waals surface area contributed by atoms with Crippen LogP contribution in [0.1, 0.15) is 36.4 Å². The van der Waals surface area contributed by atoms with Gasteiger partial charge in [0.15, 0.2) is 0 Å². The van der Waals surface area contributed by atoms with E-state index in [1.165, 1.54) is 6.26 Å². The van der Waals surface area contributed by atoms with Crippen LogP contribution in [0.4, 0.5) is 0 Å². The molecule has 1 aromatic heterocycles. The topological polar surface area (TPSA) is 68.3 Å². The molecule has 1 aliphatic rings. The number of aryl methyl sites for hydroxylation is 1. The zero-order valence-electron chi connectivity index (χ0n) is 9.91. The molecule has 1 saturated carbocycles. The Morgan fingerprint density at radius 1 is 1.62 bits per heavy atom. The van der Waals surface area contributed by atoms with Crippen molar-refractivity contribution in [1.29, 1.82) is 0 Å². The molecule has 0 bridgehead atoms. The third kappa shape index (κ3) is 1.63. The summed E-state index contributed by atoms with van der Waals surface area (Å²) in [7, 11) is 0. The van der Waals surface area contributed by atoms with Crippen LogP contribution in [0.2, 0.25) is 0 Å². The third-order valence-corrected chi connectivity index (χ3v) is 3.75. The predicted molar refractivity (Wildman–Crippen MR) is 61.1 cm³/mol. The first-order chi connectivity index (χ1) is 7.43. The second-order valence-electron chi connectivity index (χ2n) is 5.08. The lowest BCUT2D eigenvalue weighted by Gasteiger charge is -2.50. The Labute approximate surface area is 95.2 Å². The van der Waals surface area contributed by atoms with E-state index in [2.05, 4.69) is 19.2 Å². The number of carbonyl (C=O) groups is 1. The predicted octanol–water partition coefficient (Wildman–Crippen LogP) is 1.44. The van der Waals surface area contributed by atoms with Gasteiger partial charge < -0.3 is 15.5 Å². The summed E-state index contributed by atoms with van der Waals surface area (Å²) in [4.78, 5) is 11.9. The number of nitrogens with two attached hydrogens (primary N) is 1. The highest BCUT2D eigenvalue weighted by molar-refractivity contribution is 5.95. The van der Waals surface area contributed by atoms with Gasteiger partial charge in [0, 0.05) is 17.5 Å². The van der Waals surface area contributed by atoms with Crippen molar-refractivity contribution in [1.82, 2.24) is 5.32 Å². The lowest BCUT2D eigenvalue weighted by molar-refractivity contribution is 0.0585. The molecule has 2 rings (SSSR count). The summed E-state index contributed by atoms with van der Waals surface area (Å²) in [5.41, 5.74) is 6.49. The van der Waals surface area contributed by atoms with Crippen LogP contribution in [-0.2, 0) is 0 Å². The van der Waals surface area contributed by atoms with Crippen LogP contribution < -0.4 is 11.1 Å². The van der Waals surface area contributed by atoms with Gasteiger partial charge in [0.2, 0.25) is 0 Å². The van der Waals surface area contributed by atoms with E-state index in [0.717, 1.165) is 6.42 Å². The SMILES string of the molecule is Cc1occc1C(=O)NC1CC(N)C1(C)C. The number of nitrogens with one attached hydrogen (secondary N) is 1. The van der Waals surface area contributed by atoms with Crippen molar-refractivity contribution in [3.05, 3.63) is 23.7 Å². The normalized spacial score (nSPS) is 27.2. The molecular weight excluding hydrogens is 204 g/mol. The summed E-state index contributed by atoms with van der Waals surface area (Å²) in [5, 5.41) is 3.00. The summed E-state index contributed by atoms with van der Waals surface area (Å²) >= 11 is 0. The third-order valence-electron chi connectivity index (χ3n) is 3.75. The minimum atomic E-state index is -0.0729. The Hall–Kier alpha value is -1.29. The molecule has 2 atom stereocenters. The summed E-state index contributed by atoms with van der Waals surface area (Å²) in [6, 6.07) is 2.02. The molecule has 1 fully saturated rings. The van der Waals surface area contributed by atoms with Crippen molar-refractivity contribution in [2.75, 3.05) is 0 Å². The maximum absolute atomic E-state index is 11.9. The van der Waals surface area contributed by atoms with E-state index >= 15 is 0 Å². The lowest BCUT2D eigenvalue weighted by atomic mass is 9.63. The van der Waals surface area contributed by atoms with Crippen molar-refractivity contribution in [3.8, 4) is 0 Å².